The molecule has 1 aromatic carbocycles. The highest BCUT2D eigenvalue weighted by atomic mass is 32.2. The van der Waals surface area contributed by atoms with Gasteiger partial charge >= 0.3 is 0 Å². The molecule has 1 N–H and O–H groups in total. The molecule has 0 aliphatic carbocycles. The average molecular weight is 355 g/mol. The second-order valence-corrected chi connectivity index (χ2v) is 8.19. The molecule has 8 nitrogen and oxygen atoms in total. The van der Waals surface area contributed by atoms with Gasteiger partial charge in [0, 0.05) is 38.9 Å². The van der Waals surface area contributed by atoms with Gasteiger partial charge in [0.25, 0.3) is 10.2 Å². The lowest BCUT2D eigenvalue weighted by Gasteiger charge is -2.32. The number of amides is 1. The normalized spacial score (nSPS) is 21.0. The maximum atomic E-state index is 12.5. The highest BCUT2D eigenvalue weighted by Crippen LogP contribution is 2.34. The summed E-state index contributed by atoms with van der Waals surface area (Å²) in [6.07, 6.45) is 1.32. The Hall–Kier alpha value is -1.84. The number of hydrogen-bond acceptors (Lipinski definition) is 5. The summed E-state index contributed by atoms with van der Waals surface area (Å²) in [6, 6.07) is 5.18. The lowest BCUT2D eigenvalue weighted by atomic mass is 9.98. The van der Waals surface area contributed by atoms with Crippen molar-refractivity contribution in [3.05, 3.63) is 18.2 Å². The quantitative estimate of drug-likeness (QED) is 0.866. The van der Waals surface area contributed by atoms with E-state index in [0.29, 0.717) is 36.6 Å². The molecule has 1 fully saturated rings. The molecule has 0 bridgehead atoms. The number of benzene rings is 1. The molecule has 2 aliphatic heterocycles. The maximum Gasteiger partial charge on any atom is 0.281 e. The Morgan fingerprint density at radius 1 is 1.29 bits per heavy atom. The molecule has 1 atom stereocenters. The Kier molecular flexibility index (Phi) is 4.66. The number of carbonyl (C=O) groups is 1. The number of piperidine rings is 1. The van der Waals surface area contributed by atoms with E-state index in [1.807, 2.05) is 0 Å². The summed E-state index contributed by atoms with van der Waals surface area (Å²) in [4.78, 5) is 12.5. The minimum absolute atomic E-state index is 0.173. The molecule has 3 rings (SSSR count). The molecule has 9 heteroatoms. The lowest BCUT2D eigenvalue weighted by Crippen LogP contribution is -2.47. The summed E-state index contributed by atoms with van der Waals surface area (Å²) in [5, 5.41) is 2.83. The van der Waals surface area contributed by atoms with Gasteiger partial charge in [0.05, 0.1) is 5.92 Å². The number of nitrogens with one attached hydrogen (secondary N) is 1. The molecule has 1 saturated heterocycles. The summed E-state index contributed by atoms with van der Waals surface area (Å²) < 4.78 is 37.5. The van der Waals surface area contributed by atoms with Crippen molar-refractivity contribution >= 4 is 21.8 Å². The van der Waals surface area contributed by atoms with Crippen molar-refractivity contribution < 1.29 is 22.7 Å². The predicted octanol–water partition coefficient (Wildman–Crippen LogP) is 0.872. The van der Waals surface area contributed by atoms with Crippen LogP contribution in [0.15, 0.2) is 18.2 Å². The van der Waals surface area contributed by atoms with E-state index in [2.05, 4.69) is 5.32 Å². The molecular weight excluding hydrogens is 334 g/mol. The van der Waals surface area contributed by atoms with E-state index in [0.717, 1.165) is 0 Å². The van der Waals surface area contributed by atoms with E-state index in [4.69, 9.17) is 9.47 Å². The fraction of sp³-hybridized carbons (Fsp3) is 0.533. The highest BCUT2D eigenvalue weighted by Gasteiger charge is 2.33. The Morgan fingerprint density at radius 3 is 2.79 bits per heavy atom. The number of rotatable bonds is 4. The van der Waals surface area contributed by atoms with E-state index in [-0.39, 0.29) is 25.2 Å². The van der Waals surface area contributed by atoms with Crippen LogP contribution >= 0.6 is 0 Å². The standard InChI is InChI=1S/C15H21N3O5S/c1-17(2)24(20,21)18-7-3-4-11(9-18)15(19)16-12-5-6-13-14(8-12)23-10-22-13/h5-6,8,11H,3-4,7,9-10H2,1-2H3,(H,16,19)/t11-/m0/s1. The number of nitrogens with zero attached hydrogens (tertiary/aromatic N) is 2. The van der Waals surface area contributed by atoms with Crippen molar-refractivity contribution in [2.75, 3.05) is 39.3 Å². The molecule has 1 aromatic rings. The van der Waals surface area contributed by atoms with Crippen molar-refractivity contribution in [2.45, 2.75) is 12.8 Å². The van der Waals surface area contributed by atoms with Gasteiger partial charge in [-0.05, 0) is 25.0 Å². The number of hydrogen-bond donors (Lipinski definition) is 1. The van der Waals surface area contributed by atoms with Gasteiger partial charge in [0.15, 0.2) is 11.5 Å². The Morgan fingerprint density at radius 2 is 2.04 bits per heavy atom. The number of fused-ring (bicyclic) bond motifs is 1. The minimum Gasteiger partial charge on any atom is -0.454 e. The van der Waals surface area contributed by atoms with Gasteiger partial charge in [-0.25, -0.2) is 0 Å². The van der Waals surface area contributed by atoms with Crippen LogP contribution in [0.2, 0.25) is 0 Å². The zero-order valence-electron chi connectivity index (χ0n) is 13.7. The largest absolute Gasteiger partial charge is 0.454 e. The molecule has 1 amide bonds. The SMILES string of the molecule is CN(C)S(=O)(=O)N1CCC[C@H](C(=O)Nc2ccc3c(c2)OCO3)C1. The minimum atomic E-state index is -3.50. The summed E-state index contributed by atoms with van der Waals surface area (Å²) in [5.41, 5.74) is 0.608. The van der Waals surface area contributed by atoms with Crippen molar-refractivity contribution in [3.63, 3.8) is 0 Å². The van der Waals surface area contributed by atoms with E-state index in [1.54, 1.807) is 18.2 Å². The van der Waals surface area contributed by atoms with Gasteiger partial charge in [0.2, 0.25) is 12.7 Å². The third-order valence-corrected chi connectivity index (χ3v) is 6.09. The van der Waals surface area contributed by atoms with Gasteiger partial charge in [-0.1, -0.05) is 0 Å². The van der Waals surface area contributed by atoms with Crippen LogP contribution in [0.5, 0.6) is 11.5 Å². The first-order valence-electron chi connectivity index (χ1n) is 7.76. The van der Waals surface area contributed by atoms with Crippen LogP contribution in [0.3, 0.4) is 0 Å². The Bertz CT molecular complexity index is 735. The number of ether oxygens (including phenoxy) is 2. The summed E-state index contributed by atoms with van der Waals surface area (Å²) in [6.45, 7) is 0.804. The predicted molar refractivity (Wildman–Crippen MR) is 88.1 cm³/mol. The maximum absolute atomic E-state index is 12.5. The van der Waals surface area contributed by atoms with Crippen LogP contribution in [0.1, 0.15) is 12.8 Å². The molecule has 0 saturated carbocycles. The van der Waals surface area contributed by atoms with Crippen molar-refractivity contribution in [1.82, 2.24) is 8.61 Å². The third-order valence-electron chi connectivity index (χ3n) is 4.18. The number of carbonyl (C=O) groups excluding carboxylic acids is 1. The molecule has 0 spiro atoms. The summed E-state index contributed by atoms with van der Waals surface area (Å²) in [5.74, 6) is 0.675. The molecule has 0 aromatic heterocycles. The second kappa shape index (κ2) is 6.58. The average Bonchev–Trinajstić information content (AvgIpc) is 3.02. The second-order valence-electron chi connectivity index (χ2n) is 6.04. The zero-order valence-corrected chi connectivity index (χ0v) is 14.5. The smallest absolute Gasteiger partial charge is 0.281 e. The zero-order chi connectivity index (χ0) is 17.3. The van der Waals surface area contributed by atoms with Gasteiger partial charge in [-0.3, -0.25) is 4.79 Å². The van der Waals surface area contributed by atoms with E-state index in [1.165, 1.54) is 22.7 Å². The van der Waals surface area contributed by atoms with Crippen molar-refractivity contribution in [2.24, 2.45) is 5.92 Å². The van der Waals surface area contributed by atoms with Crippen molar-refractivity contribution in [3.8, 4) is 11.5 Å². The van der Waals surface area contributed by atoms with Gasteiger partial charge in [0.1, 0.15) is 0 Å². The van der Waals surface area contributed by atoms with E-state index in [9.17, 15) is 13.2 Å². The first-order chi connectivity index (χ1) is 11.4. The van der Waals surface area contributed by atoms with E-state index < -0.39 is 10.2 Å². The van der Waals surface area contributed by atoms with Crippen molar-refractivity contribution in [1.29, 1.82) is 0 Å². The van der Waals surface area contributed by atoms with Crippen LogP contribution in [-0.2, 0) is 15.0 Å². The van der Waals surface area contributed by atoms with Gasteiger partial charge in [-0.2, -0.15) is 17.0 Å². The Balaban J connectivity index is 1.67. The first-order valence-corrected chi connectivity index (χ1v) is 9.16. The van der Waals surface area contributed by atoms with Crippen LogP contribution < -0.4 is 14.8 Å². The monoisotopic (exact) mass is 355 g/mol. The van der Waals surface area contributed by atoms with Crippen LogP contribution in [0.25, 0.3) is 0 Å². The topological polar surface area (TPSA) is 88.2 Å². The van der Waals surface area contributed by atoms with Gasteiger partial charge in [-0.15, -0.1) is 0 Å². The highest BCUT2D eigenvalue weighted by molar-refractivity contribution is 7.86. The van der Waals surface area contributed by atoms with Crippen LogP contribution in [0, 0.1) is 5.92 Å². The molecule has 0 radical (unpaired) electrons. The first kappa shape index (κ1) is 17.0. The summed E-state index contributed by atoms with van der Waals surface area (Å²) >= 11 is 0. The van der Waals surface area contributed by atoms with Crippen LogP contribution in [0.4, 0.5) is 5.69 Å². The molecule has 2 aliphatic rings. The molecule has 0 unspecified atom stereocenters. The van der Waals surface area contributed by atoms with Crippen LogP contribution in [-0.4, -0.2) is 56.9 Å². The molecule has 2 heterocycles. The molecular formula is C15H21N3O5S. The third kappa shape index (κ3) is 3.33. The van der Waals surface area contributed by atoms with Gasteiger partial charge < -0.3 is 14.8 Å². The fourth-order valence-electron chi connectivity index (χ4n) is 2.82. The lowest BCUT2D eigenvalue weighted by molar-refractivity contribution is -0.120. The summed E-state index contributed by atoms with van der Waals surface area (Å²) in [7, 11) is -0.514. The molecule has 24 heavy (non-hydrogen) atoms. The Labute approximate surface area is 141 Å². The number of anilines is 1. The molecule has 132 valence electrons. The fourth-order valence-corrected chi connectivity index (χ4v) is 4.01. The van der Waals surface area contributed by atoms with E-state index >= 15 is 0 Å².